The predicted molar refractivity (Wildman–Crippen MR) is 134 cm³/mol. The van der Waals surface area contributed by atoms with Crippen molar-refractivity contribution in [2.75, 3.05) is 0 Å². The second kappa shape index (κ2) is 11.7. The van der Waals surface area contributed by atoms with Crippen molar-refractivity contribution in [2.24, 2.45) is 0 Å². The molecule has 4 aromatic rings. The van der Waals surface area contributed by atoms with Crippen LogP contribution in [0.3, 0.4) is 0 Å². The standard InChI is InChI=1S/C30H22F8O3/c1-2-3-4-17-5-7-19(8-6-17)29(35,36)40-21-10-12-23(25(32)16-21)30(37,38)41-20-9-11-22(24(31)15-20)18-13-26(33)28(39)27(34)14-18/h5-16,39H,2-4H2,1H3. The summed E-state index contributed by atoms with van der Waals surface area (Å²) in [6.07, 6.45) is -5.75. The Hall–Kier alpha value is -4.28. The van der Waals surface area contributed by atoms with E-state index in [1.807, 2.05) is 6.92 Å². The molecule has 0 heterocycles. The minimum atomic E-state index is -4.38. The molecule has 0 radical (unpaired) electrons. The quantitative estimate of drug-likeness (QED) is 0.190. The van der Waals surface area contributed by atoms with E-state index in [0.29, 0.717) is 42.8 Å². The van der Waals surface area contributed by atoms with Crippen molar-refractivity contribution in [1.29, 1.82) is 0 Å². The number of aromatic hydroxyl groups is 1. The van der Waals surface area contributed by atoms with E-state index < -0.39 is 69.4 Å². The highest BCUT2D eigenvalue weighted by molar-refractivity contribution is 5.66. The molecule has 0 saturated carbocycles. The minimum absolute atomic E-state index is 0.334. The van der Waals surface area contributed by atoms with E-state index >= 15 is 0 Å². The Balaban J connectivity index is 1.49. The zero-order chi connectivity index (χ0) is 29.9. The van der Waals surface area contributed by atoms with E-state index in [2.05, 4.69) is 9.47 Å². The van der Waals surface area contributed by atoms with Crippen molar-refractivity contribution < 1.29 is 49.7 Å². The summed E-state index contributed by atoms with van der Waals surface area (Å²) in [6, 6.07) is 10.4. The number of unbranched alkanes of at least 4 members (excludes halogenated alkanes) is 1. The molecule has 41 heavy (non-hydrogen) atoms. The number of hydrogen-bond donors (Lipinski definition) is 1. The van der Waals surface area contributed by atoms with Gasteiger partial charge in [0, 0.05) is 17.7 Å². The molecule has 0 atom stereocenters. The van der Waals surface area contributed by atoms with Gasteiger partial charge >= 0.3 is 12.2 Å². The van der Waals surface area contributed by atoms with Gasteiger partial charge in [0.05, 0.1) is 5.56 Å². The zero-order valence-corrected chi connectivity index (χ0v) is 21.3. The van der Waals surface area contributed by atoms with Crippen LogP contribution in [0.1, 0.15) is 36.5 Å². The Morgan fingerprint density at radius 2 is 1.22 bits per heavy atom. The molecule has 4 aromatic carbocycles. The normalized spacial score (nSPS) is 11.9. The maximum absolute atomic E-state index is 14.8. The Labute approximate surface area is 229 Å². The lowest BCUT2D eigenvalue weighted by Crippen LogP contribution is -2.24. The van der Waals surface area contributed by atoms with Gasteiger partial charge in [0.25, 0.3) is 0 Å². The van der Waals surface area contributed by atoms with E-state index in [1.54, 1.807) is 0 Å². The second-order valence-corrected chi connectivity index (χ2v) is 9.11. The van der Waals surface area contributed by atoms with Crippen LogP contribution in [0.15, 0.2) is 72.8 Å². The molecule has 0 fully saturated rings. The molecule has 0 spiro atoms. The first-order valence-electron chi connectivity index (χ1n) is 12.3. The molecule has 0 aliphatic heterocycles. The van der Waals surface area contributed by atoms with Crippen molar-refractivity contribution >= 4 is 0 Å². The second-order valence-electron chi connectivity index (χ2n) is 9.11. The van der Waals surface area contributed by atoms with Gasteiger partial charge < -0.3 is 14.6 Å². The highest BCUT2D eigenvalue weighted by Crippen LogP contribution is 2.38. The number of halogens is 8. The summed E-state index contributed by atoms with van der Waals surface area (Å²) in [6.45, 7) is 1.99. The van der Waals surface area contributed by atoms with Crippen LogP contribution in [0, 0.1) is 23.3 Å². The third-order valence-electron chi connectivity index (χ3n) is 6.12. The third-order valence-corrected chi connectivity index (χ3v) is 6.12. The van der Waals surface area contributed by atoms with E-state index in [4.69, 9.17) is 0 Å². The van der Waals surface area contributed by atoms with Crippen molar-refractivity contribution in [3.05, 3.63) is 113 Å². The maximum atomic E-state index is 14.8. The zero-order valence-electron chi connectivity index (χ0n) is 21.3. The summed E-state index contributed by atoms with van der Waals surface area (Å²) < 4.78 is 124. The average Bonchev–Trinajstić information content (AvgIpc) is 2.90. The number of hydrogen-bond acceptors (Lipinski definition) is 3. The Bertz CT molecular complexity index is 1510. The summed E-state index contributed by atoms with van der Waals surface area (Å²) in [7, 11) is 0. The molecule has 0 bridgehead atoms. The summed E-state index contributed by atoms with van der Waals surface area (Å²) in [5.74, 6) is -8.36. The van der Waals surface area contributed by atoms with Crippen molar-refractivity contribution in [3.8, 4) is 28.4 Å². The molecule has 216 valence electrons. The van der Waals surface area contributed by atoms with Crippen LogP contribution in [-0.2, 0) is 18.6 Å². The molecule has 0 saturated heterocycles. The molecule has 1 N–H and O–H groups in total. The predicted octanol–water partition coefficient (Wildman–Crippen LogP) is 9.21. The van der Waals surface area contributed by atoms with Crippen molar-refractivity contribution in [1.82, 2.24) is 0 Å². The number of aryl methyl sites for hydroxylation is 1. The number of ether oxygens (including phenoxy) is 2. The molecule has 0 aliphatic rings. The first-order valence-corrected chi connectivity index (χ1v) is 12.3. The van der Waals surface area contributed by atoms with Gasteiger partial charge in [-0.15, -0.1) is 0 Å². The Morgan fingerprint density at radius 1 is 0.659 bits per heavy atom. The largest absolute Gasteiger partial charge is 0.503 e. The van der Waals surface area contributed by atoms with Gasteiger partial charge in [-0.25, -0.2) is 17.6 Å². The van der Waals surface area contributed by atoms with Crippen LogP contribution in [-0.4, -0.2) is 5.11 Å². The summed E-state index contributed by atoms with van der Waals surface area (Å²) in [5, 5.41) is 9.18. The van der Waals surface area contributed by atoms with E-state index in [1.165, 1.54) is 12.1 Å². The molecule has 11 heteroatoms. The Kier molecular flexibility index (Phi) is 8.46. The number of rotatable bonds is 10. The van der Waals surface area contributed by atoms with Gasteiger partial charge in [0.1, 0.15) is 28.7 Å². The molecular weight excluding hydrogens is 560 g/mol. The molecule has 4 rings (SSSR count). The van der Waals surface area contributed by atoms with Crippen LogP contribution >= 0.6 is 0 Å². The lowest BCUT2D eigenvalue weighted by atomic mass is 10.0. The lowest BCUT2D eigenvalue weighted by Gasteiger charge is -2.21. The number of alkyl halides is 4. The number of phenols is 1. The van der Waals surface area contributed by atoms with Crippen LogP contribution in [0.4, 0.5) is 35.1 Å². The lowest BCUT2D eigenvalue weighted by molar-refractivity contribution is -0.188. The number of benzene rings is 4. The summed E-state index contributed by atoms with van der Waals surface area (Å²) >= 11 is 0. The van der Waals surface area contributed by atoms with Crippen LogP contribution in [0.25, 0.3) is 11.1 Å². The van der Waals surface area contributed by atoms with E-state index in [-0.39, 0.29) is 5.56 Å². The molecule has 0 aromatic heterocycles. The van der Waals surface area contributed by atoms with Gasteiger partial charge in [0.2, 0.25) is 0 Å². The highest BCUT2D eigenvalue weighted by Gasteiger charge is 2.39. The molecule has 0 aliphatic carbocycles. The maximum Gasteiger partial charge on any atom is 0.429 e. The van der Waals surface area contributed by atoms with Gasteiger partial charge in [0.15, 0.2) is 17.4 Å². The van der Waals surface area contributed by atoms with E-state index in [0.717, 1.165) is 42.7 Å². The molecular formula is C30H22F8O3. The van der Waals surface area contributed by atoms with Crippen molar-refractivity contribution in [3.63, 3.8) is 0 Å². The first kappa shape index (κ1) is 29.7. The topological polar surface area (TPSA) is 38.7 Å². The molecule has 3 nitrogen and oxygen atoms in total. The summed E-state index contributed by atoms with van der Waals surface area (Å²) in [4.78, 5) is 0. The fourth-order valence-electron chi connectivity index (χ4n) is 3.97. The first-order chi connectivity index (χ1) is 19.3. The van der Waals surface area contributed by atoms with Crippen LogP contribution in [0.2, 0.25) is 0 Å². The van der Waals surface area contributed by atoms with Crippen LogP contribution < -0.4 is 9.47 Å². The summed E-state index contributed by atoms with van der Waals surface area (Å²) in [5.41, 5.74) is -1.75. The Morgan fingerprint density at radius 3 is 1.78 bits per heavy atom. The molecule has 0 unspecified atom stereocenters. The van der Waals surface area contributed by atoms with Crippen molar-refractivity contribution in [2.45, 2.75) is 38.4 Å². The van der Waals surface area contributed by atoms with Gasteiger partial charge in [-0.2, -0.15) is 17.6 Å². The SMILES string of the molecule is CCCCc1ccc(C(F)(F)Oc2ccc(C(F)(F)Oc3ccc(-c4cc(F)c(O)c(F)c4)c(F)c3)c(F)c2)cc1. The highest BCUT2D eigenvalue weighted by atomic mass is 19.3. The van der Waals surface area contributed by atoms with Gasteiger partial charge in [-0.05, 0) is 72.5 Å². The monoisotopic (exact) mass is 582 g/mol. The minimum Gasteiger partial charge on any atom is -0.503 e. The van der Waals surface area contributed by atoms with Gasteiger partial charge in [-0.1, -0.05) is 25.5 Å². The molecule has 0 amide bonds. The fourth-order valence-corrected chi connectivity index (χ4v) is 3.97. The average molecular weight is 582 g/mol. The van der Waals surface area contributed by atoms with E-state index in [9.17, 15) is 40.2 Å². The number of phenolic OH excluding ortho intramolecular Hbond substituents is 1. The van der Waals surface area contributed by atoms with Gasteiger partial charge in [-0.3, -0.25) is 0 Å². The van der Waals surface area contributed by atoms with Crippen LogP contribution in [0.5, 0.6) is 17.2 Å². The smallest absolute Gasteiger partial charge is 0.429 e. The fraction of sp³-hybridized carbons (Fsp3) is 0.200. The third kappa shape index (κ3) is 6.72.